The number of aryl methyl sites for hydroxylation is 2. The van der Waals surface area contributed by atoms with Gasteiger partial charge in [-0.05, 0) is 43.5 Å². The monoisotopic (exact) mass is 320 g/mol. The highest BCUT2D eigenvalue weighted by molar-refractivity contribution is 9.10. The molecule has 0 spiro atoms. The maximum Gasteiger partial charge on any atom is 0.153 e. The van der Waals surface area contributed by atoms with Crippen molar-refractivity contribution in [3.8, 4) is 5.69 Å². The number of halogens is 1. The van der Waals surface area contributed by atoms with Crippen molar-refractivity contribution in [3.05, 3.63) is 45.2 Å². The topological polar surface area (TPSA) is 34.9 Å². The molecule has 0 bridgehead atoms. The lowest BCUT2D eigenvalue weighted by atomic mass is 10.1. The van der Waals surface area contributed by atoms with Crippen LogP contribution in [-0.4, -0.2) is 16.1 Å². The molecule has 0 unspecified atom stereocenters. The highest BCUT2D eigenvalue weighted by Gasteiger charge is 2.16. The lowest BCUT2D eigenvalue weighted by Gasteiger charge is -2.10. The van der Waals surface area contributed by atoms with E-state index in [1.54, 1.807) is 0 Å². The summed E-state index contributed by atoms with van der Waals surface area (Å²) in [4.78, 5) is 11.3. The molecule has 1 aromatic carbocycles. The Kier molecular flexibility index (Phi) is 4.20. The lowest BCUT2D eigenvalue weighted by Crippen LogP contribution is -2.04. The Bertz CT molecular complexity index is 617. The molecule has 0 radical (unpaired) electrons. The molecule has 0 saturated heterocycles. The molecule has 0 aliphatic rings. The fourth-order valence-corrected chi connectivity index (χ4v) is 2.78. The Morgan fingerprint density at radius 3 is 2.58 bits per heavy atom. The predicted octanol–water partition coefficient (Wildman–Crippen LogP) is 3.88. The molecule has 0 amide bonds. The third-order valence-electron chi connectivity index (χ3n) is 3.27. The van der Waals surface area contributed by atoms with Crippen molar-refractivity contribution >= 4 is 22.2 Å². The maximum atomic E-state index is 11.3. The van der Waals surface area contributed by atoms with E-state index in [0.29, 0.717) is 0 Å². The van der Waals surface area contributed by atoms with Gasteiger partial charge in [0.1, 0.15) is 0 Å². The second-order valence-electron chi connectivity index (χ2n) is 4.47. The van der Waals surface area contributed by atoms with E-state index in [-0.39, 0.29) is 0 Å². The zero-order valence-electron chi connectivity index (χ0n) is 11.4. The Balaban J connectivity index is 2.67. The third kappa shape index (κ3) is 2.50. The minimum absolute atomic E-state index is 0.743. The van der Waals surface area contributed by atoms with Crippen LogP contribution in [0.25, 0.3) is 5.69 Å². The molecule has 100 valence electrons. The van der Waals surface area contributed by atoms with Gasteiger partial charge in [0, 0.05) is 4.47 Å². The van der Waals surface area contributed by atoms with Crippen LogP contribution in [0.1, 0.15) is 41.2 Å². The second kappa shape index (κ2) is 5.70. The van der Waals surface area contributed by atoms with E-state index in [1.165, 1.54) is 0 Å². The maximum absolute atomic E-state index is 11.3. The normalized spacial score (nSPS) is 10.7. The summed E-state index contributed by atoms with van der Waals surface area (Å²) in [5, 5.41) is 4.60. The summed E-state index contributed by atoms with van der Waals surface area (Å²) in [6.45, 7) is 6.12. The third-order valence-corrected chi connectivity index (χ3v) is 3.77. The second-order valence-corrected chi connectivity index (χ2v) is 5.39. The van der Waals surface area contributed by atoms with Gasteiger partial charge >= 0.3 is 0 Å². The van der Waals surface area contributed by atoms with Crippen LogP contribution < -0.4 is 0 Å². The molecule has 1 aromatic heterocycles. The van der Waals surface area contributed by atoms with Gasteiger partial charge in [-0.3, -0.25) is 4.79 Å². The van der Waals surface area contributed by atoms with E-state index < -0.39 is 0 Å². The van der Waals surface area contributed by atoms with Crippen molar-refractivity contribution in [1.82, 2.24) is 9.78 Å². The molecule has 0 fully saturated rings. The molecule has 2 aromatic rings. The minimum atomic E-state index is 0.743. The average molecular weight is 321 g/mol. The summed E-state index contributed by atoms with van der Waals surface area (Å²) in [5.41, 5.74) is 4.76. The number of carbonyl (C=O) groups is 1. The molecule has 19 heavy (non-hydrogen) atoms. The summed E-state index contributed by atoms with van der Waals surface area (Å²) in [6.07, 6.45) is 2.48. The van der Waals surface area contributed by atoms with Crippen LogP contribution in [0.15, 0.2) is 22.7 Å². The highest BCUT2D eigenvalue weighted by Crippen LogP contribution is 2.23. The van der Waals surface area contributed by atoms with Gasteiger partial charge in [0.05, 0.1) is 22.6 Å². The Morgan fingerprint density at radius 2 is 2.05 bits per heavy atom. The molecule has 0 saturated carbocycles. The fourth-order valence-electron chi connectivity index (χ4n) is 2.31. The largest absolute Gasteiger partial charge is 0.298 e. The van der Waals surface area contributed by atoms with Crippen molar-refractivity contribution in [2.45, 2.75) is 33.6 Å². The molecular formula is C15H17BrN2O. The van der Waals surface area contributed by atoms with E-state index in [9.17, 15) is 4.79 Å². The summed E-state index contributed by atoms with van der Waals surface area (Å²) in [7, 11) is 0. The van der Waals surface area contributed by atoms with Crippen LogP contribution in [-0.2, 0) is 12.8 Å². The van der Waals surface area contributed by atoms with Crippen molar-refractivity contribution in [1.29, 1.82) is 0 Å². The first-order valence-electron chi connectivity index (χ1n) is 6.44. The van der Waals surface area contributed by atoms with E-state index in [2.05, 4.69) is 27.1 Å². The van der Waals surface area contributed by atoms with Crippen molar-refractivity contribution in [3.63, 3.8) is 0 Å². The summed E-state index contributed by atoms with van der Waals surface area (Å²) in [5.74, 6) is 0. The van der Waals surface area contributed by atoms with Crippen LogP contribution in [0.4, 0.5) is 0 Å². The highest BCUT2D eigenvalue weighted by atomic mass is 79.9. The number of rotatable bonds is 4. The van der Waals surface area contributed by atoms with E-state index in [0.717, 1.165) is 51.8 Å². The van der Waals surface area contributed by atoms with Crippen molar-refractivity contribution in [2.75, 3.05) is 0 Å². The van der Waals surface area contributed by atoms with Crippen molar-refractivity contribution in [2.24, 2.45) is 0 Å². The van der Waals surface area contributed by atoms with E-state index in [1.807, 2.05) is 37.6 Å². The molecule has 0 aliphatic heterocycles. The Hall–Kier alpha value is -1.42. The van der Waals surface area contributed by atoms with E-state index in [4.69, 9.17) is 0 Å². The standard InChI is InChI=1S/C15H17BrN2O/c1-4-13-12(9-19)14(5-2)18(17-13)15-7-6-11(16)8-10(15)3/h6-9H,4-5H2,1-3H3. The molecular weight excluding hydrogens is 304 g/mol. The molecule has 0 N–H and O–H groups in total. The first-order chi connectivity index (χ1) is 9.12. The van der Waals surface area contributed by atoms with Crippen LogP contribution in [0, 0.1) is 6.92 Å². The van der Waals surface area contributed by atoms with E-state index >= 15 is 0 Å². The molecule has 3 nitrogen and oxygen atoms in total. The van der Waals surface area contributed by atoms with Crippen LogP contribution in [0.3, 0.4) is 0 Å². The van der Waals surface area contributed by atoms with Crippen molar-refractivity contribution < 1.29 is 4.79 Å². The lowest BCUT2D eigenvalue weighted by molar-refractivity contribution is 0.112. The van der Waals surface area contributed by atoms with Gasteiger partial charge in [-0.1, -0.05) is 29.8 Å². The number of nitrogens with zero attached hydrogens (tertiary/aromatic N) is 2. The molecule has 0 atom stereocenters. The number of hydrogen-bond donors (Lipinski definition) is 0. The van der Waals surface area contributed by atoms with Gasteiger partial charge < -0.3 is 0 Å². The quantitative estimate of drug-likeness (QED) is 0.801. The number of aldehydes is 1. The molecule has 0 aliphatic carbocycles. The van der Waals surface area contributed by atoms with Gasteiger partial charge in [-0.25, -0.2) is 4.68 Å². The van der Waals surface area contributed by atoms with Crippen LogP contribution in [0.5, 0.6) is 0 Å². The number of benzene rings is 1. The zero-order chi connectivity index (χ0) is 14.0. The summed E-state index contributed by atoms with van der Waals surface area (Å²) in [6, 6.07) is 6.08. The number of hydrogen-bond acceptors (Lipinski definition) is 2. The summed E-state index contributed by atoms with van der Waals surface area (Å²) < 4.78 is 2.95. The van der Waals surface area contributed by atoms with Crippen LogP contribution in [0.2, 0.25) is 0 Å². The first-order valence-corrected chi connectivity index (χ1v) is 7.24. The number of aromatic nitrogens is 2. The first kappa shape index (κ1) is 14.0. The van der Waals surface area contributed by atoms with Crippen LogP contribution >= 0.6 is 15.9 Å². The van der Waals surface area contributed by atoms with Gasteiger partial charge in [0.2, 0.25) is 0 Å². The smallest absolute Gasteiger partial charge is 0.153 e. The fraction of sp³-hybridized carbons (Fsp3) is 0.333. The number of carbonyl (C=O) groups excluding carboxylic acids is 1. The van der Waals surface area contributed by atoms with Gasteiger partial charge in [0.15, 0.2) is 6.29 Å². The van der Waals surface area contributed by atoms with Gasteiger partial charge in [0.25, 0.3) is 0 Å². The minimum Gasteiger partial charge on any atom is -0.298 e. The Morgan fingerprint density at radius 1 is 1.32 bits per heavy atom. The predicted molar refractivity (Wildman–Crippen MR) is 80.1 cm³/mol. The molecule has 4 heteroatoms. The average Bonchev–Trinajstić information content (AvgIpc) is 2.76. The van der Waals surface area contributed by atoms with Gasteiger partial charge in [-0.2, -0.15) is 5.10 Å². The molecule has 2 rings (SSSR count). The summed E-state index contributed by atoms with van der Waals surface area (Å²) >= 11 is 3.47. The zero-order valence-corrected chi connectivity index (χ0v) is 13.0. The molecule has 1 heterocycles. The Labute approximate surface area is 121 Å². The van der Waals surface area contributed by atoms with Gasteiger partial charge in [-0.15, -0.1) is 0 Å². The SMILES string of the molecule is CCc1nn(-c2ccc(Br)cc2C)c(CC)c1C=O.